The highest BCUT2D eigenvalue weighted by atomic mass is 16.7. The standard InChI is InChI=1S/C20H29N3O5/c1-21-16-5-6-17(21)14-22(13-16)18-8-7-15(23(24)25)12-19(18)26-10-11-28-20-4-2-3-9-27-20/h7-8,12,16-17,20H,2-6,9-11,13-14H2,1H3. The number of nitro benzene ring substituents is 1. The van der Waals surface area contributed by atoms with Gasteiger partial charge in [-0.2, -0.15) is 0 Å². The Morgan fingerprint density at radius 3 is 2.64 bits per heavy atom. The lowest BCUT2D eigenvalue weighted by molar-refractivity contribution is -0.384. The predicted octanol–water partition coefficient (Wildman–Crippen LogP) is 2.80. The number of non-ortho nitro benzene ring substituents is 1. The lowest BCUT2D eigenvalue weighted by Crippen LogP contribution is -2.52. The van der Waals surface area contributed by atoms with Crippen LogP contribution in [-0.4, -0.2) is 68.2 Å². The summed E-state index contributed by atoms with van der Waals surface area (Å²) in [6.07, 6.45) is 5.36. The smallest absolute Gasteiger partial charge is 0.273 e. The van der Waals surface area contributed by atoms with Gasteiger partial charge in [-0.3, -0.25) is 15.0 Å². The lowest BCUT2D eigenvalue weighted by atomic mass is 10.1. The molecule has 3 saturated heterocycles. The van der Waals surface area contributed by atoms with Crippen LogP contribution in [0.5, 0.6) is 5.75 Å². The first-order valence-corrected chi connectivity index (χ1v) is 10.2. The van der Waals surface area contributed by atoms with Gasteiger partial charge in [0.25, 0.3) is 5.69 Å². The minimum Gasteiger partial charge on any atom is -0.489 e. The summed E-state index contributed by atoms with van der Waals surface area (Å²) in [5.74, 6) is 0.561. The zero-order valence-corrected chi connectivity index (χ0v) is 16.4. The van der Waals surface area contributed by atoms with Gasteiger partial charge in [0.2, 0.25) is 0 Å². The number of likely N-dealkylation sites (N-methyl/N-ethyl adjacent to an activating group) is 1. The van der Waals surface area contributed by atoms with Gasteiger partial charge in [-0.05, 0) is 45.2 Å². The van der Waals surface area contributed by atoms with Crippen LogP contribution >= 0.6 is 0 Å². The number of rotatable bonds is 7. The molecule has 4 rings (SSSR count). The number of ether oxygens (including phenoxy) is 3. The van der Waals surface area contributed by atoms with Gasteiger partial charge in [0, 0.05) is 37.8 Å². The van der Waals surface area contributed by atoms with E-state index in [1.165, 1.54) is 18.9 Å². The third kappa shape index (κ3) is 4.24. The van der Waals surface area contributed by atoms with Crippen LogP contribution in [0, 0.1) is 10.1 Å². The summed E-state index contributed by atoms with van der Waals surface area (Å²) >= 11 is 0. The van der Waals surface area contributed by atoms with Crippen molar-refractivity contribution in [2.45, 2.75) is 50.5 Å². The average Bonchev–Trinajstić information content (AvgIpc) is 2.92. The Kier molecular flexibility index (Phi) is 5.99. The van der Waals surface area contributed by atoms with Crippen molar-refractivity contribution in [3.8, 4) is 5.75 Å². The Labute approximate surface area is 165 Å². The normalized spacial score (nSPS) is 27.8. The fourth-order valence-corrected chi connectivity index (χ4v) is 4.48. The topological polar surface area (TPSA) is 77.3 Å². The third-order valence-corrected chi connectivity index (χ3v) is 6.12. The van der Waals surface area contributed by atoms with Crippen molar-refractivity contribution >= 4 is 11.4 Å². The monoisotopic (exact) mass is 391 g/mol. The van der Waals surface area contributed by atoms with E-state index < -0.39 is 0 Å². The fourth-order valence-electron chi connectivity index (χ4n) is 4.48. The highest BCUT2D eigenvalue weighted by molar-refractivity contribution is 5.63. The van der Waals surface area contributed by atoms with Gasteiger partial charge >= 0.3 is 0 Å². The highest BCUT2D eigenvalue weighted by Gasteiger charge is 2.38. The second-order valence-corrected chi connectivity index (χ2v) is 7.88. The maximum absolute atomic E-state index is 11.2. The molecule has 3 unspecified atom stereocenters. The van der Waals surface area contributed by atoms with Crippen molar-refractivity contribution in [2.24, 2.45) is 0 Å². The highest BCUT2D eigenvalue weighted by Crippen LogP contribution is 2.37. The molecule has 0 aromatic heterocycles. The molecule has 154 valence electrons. The van der Waals surface area contributed by atoms with Crippen molar-refractivity contribution < 1.29 is 19.1 Å². The van der Waals surface area contributed by atoms with E-state index in [0.717, 1.165) is 44.6 Å². The van der Waals surface area contributed by atoms with Gasteiger partial charge < -0.3 is 19.1 Å². The first-order valence-electron chi connectivity index (χ1n) is 10.2. The average molecular weight is 391 g/mol. The summed E-state index contributed by atoms with van der Waals surface area (Å²) in [5, 5.41) is 11.2. The zero-order chi connectivity index (χ0) is 19.5. The van der Waals surface area contributed by atoms with Gasteiger partial charge in [-0.1, -0.05) is 0 Å². The Bertz CT molecular complexity index is 680. The molecule has 3 atom stereocenters. The fraction of sp³-hybridized carbons (Fsp3) is 0.700. The second kappa shape index (κ2) is 8.63. The molecule has 8 nitrogen and oxygen atoms in total. The number of hydrogen-bond acceptors (Lipinski definition) is 7. The molecule has 0 radical (unpaired) electrons. The van der Waals surface area contributed by atoms with Gasteiger partial charge in [0.1, 0.15) is 12.4 Å². The minimum absolute atomic E-state index is 0.0485. The number of anilines is 1. The summed E-state index contributed by atoms with van der Waals surface area (Å²) in [5.41, 5.74) is 0.983. The van der Waals surface area contributed by atoms with Crippen LogP contribution in [0.4, 0.5) is 11.4 Å². The van der Waals surface area contributed by atoms with E-state index >= 15 is 0 Å². The quantitative estimate of drug-likeness (QED) is 0.402. The van der Waals surface area contributed by atoms with E-state index in [0.29, 0.717) is 31.0 Å². The maximum Gasteiger partial charge on any atom is 0.273 e. The van der Waals surface area contributed by atoms with Gasteiger partial charge in [-0.25, -0.2) is 0 Å². The summed E-state index contributed by atoms with van der Waals surface area (Å²) < 4.78 is 17.2. The lowest BCUT2D eigenvalue weighted by Gasteiger charge is -2.40. The van der Waals surface area contributed by atoms with Crippen molar-refractivity contribution in [2.75, 3.05) is 44.9 Å². The first kappa shape index (κ1) is 19.4. The van der Waals surface area contributed by atoms with Gasteiger partial charge in [0.15, 0.2) is 6.29 Å². The largest absolute Gasteiger partial charge is 0.489 e. The van der Waals surface area contributed by atoms with Crippen molar-refractivity contribution in [1.82, 2.24) is 4.90 Å². The summed E-state index contributed by atoms with van der Waals surface area (Å²) in [6, 6.07) is 5.99. The van der Waals surface area contributed by atoms with E-state index in [9.17, 15) is 10.1 Å². The first-order chi connectivity index (χ1) is 13.6. The maximum atomic E-state index is 11.2. The van der Waals surface area contributed by atoms with Crippen molar-refractivity contribution in [3.63, 3.8) is 0 Å². The molecule has 0 spiro atoms. The van der Waals surface area contributed by atoms with Gasteiger partial charge in [-0.15, -0.1) is 0 Å². The number of piperazine rings is 1. The summed E-state index contributed by atoms with van der Waals surface area (Å²) in [7, 11) is 2.19. The molecular formula is C20H29N3O5. The molecule has 0 N–H and O–H groups in total. The van der Waals surface area contributed by atoms with Crippen LogP contribution in [0.2, 0.25) is 0 Å². The van der Waals surface area contributed by atoms with Crippen molar-refractivity contribution in [1.29, 1.82) is 0 Å². The van der Waals surface area contributed by atoms with E-state index in [4.69, 9.17) is 14.2 Å². The second-order valence-electron chi connectivity index (χ2n) is 7.88. The van der Waals surface area contributed by atoms with Crippen LogP contribution in [-0.2, 0) is 9.47 Å². The predicted molar refractivity (Wildman–Crippen MR) is 105 cm³/mol. The summed E-state index contributed by atoms with van der Waals surface area (Å²) in [6.45, 7) is 3.34. The zero-order valence-electron chi connectivity index (χ0n) is 16.4. The SMILES string of the molecule is CN1C2CCC1CN(c1ccc([N+](=O)[O-])cc1OCCOC1CCCCO1)C2. The van der Waals surface area contributed by atoms with E-state index in [-0.39, 0.29) is 16.9 Å². The number of nitrogens with zero attached hydrogens (tertiary/aromatic N) is 3. The van der Waals surface area contributed by atoms with Crippen LogP contribution in [0.25, 0.3) is 0 Å². The van der Waals surface area contributed by atoms with Crippen LogP contribution in [0.3, 0.4) is 0 Å². The molecule has 8 heteroatoms. The van der Waals surface area contributed by atoms with Crippen molar-refractivity contribution in [3.05, 3.63) is 28.3 Å². The van der Waals surface area contributed by atoms with Gasteiger partial charge in [0.05, 0.1) is 23.3 Å². The molecule has 3 fully saturated rings. The Balaban J connectivity index is 1.42. The molecule has 0 saturated carbocycles. The molecule has 3 heterocycles. The van der Waals surface area contributed by atoms with E-state index in [1.807, 2.05) is 6.07 Å². The number of nitro groups is 1. The third-order valence-electron chi connectivity index (χ3n) is 6.12. The van der Waals surface area contributed by atoms with Crippen LogP contribution < -0.4 is 9.64 Å². The van der Waals surface area contributed by atoms with Crippen LogP contribution in [0.1, 0.15) is 32.1 Å². The molecule has 1 aromatic rings. The summed E-state index contributed by atoms with van der Waals surface area (Å²) in [4.78, 5) is 15.6. The number of fused-ring (bicyclic) bond motifs is 2. The van der Waals surface area contributed by atoms with E-state index in [1.54, 1.807) is 6.07 Å². The Morgan fingerprint density at radius 2 is 1.96 bits per heavy atom. The number of hydrogen-bond donors (Lipinski definition) is 0. The molecule has 28 heavy (non-hydrogen) atoms. The molecule has 1 aromatic carbocycles. The van der Waals surface area contributed by atoms with Crippen LogP contribution in [0.15, 0.2) is 18.2 Å². The Morgan fingerprint density at radius 1 is 1.18 bits per heavy atom. The molecule has 2 bridgehead atoms. The molecule has 0 aliphatic carbocycles. The molecule has 3 aliphatic rings. The Hall–Kier alpha value is -1.90. The number of benzene rings is 1. The molecular weight excluding hydrogens is 362 g/mol. The van der Waals surface area contributed by atoms with E-state index in [2.05, 4.69) is 16.8 Å². The minimum atomic E-state index is -0.378. The molecule has 3 aliphatic heterocycles. The molecule has 0 amide bonds.